The highest BCUT2D eigenvalue weighted by Crippen LogP contribution is 2.34. The lowest BCUT2D eigenvalue weighted by Crippen LogP contribution is -2.08. The molecule has 0 aliphatic heterocycles. The number of carbonyl (C=O) groups is 1. The van der Waals surface area contributed by atoms with Gasteiger partial charge in [-0.25, -0.2) is 0 Å². The van der Waals surface area contributed by atoms with Crippen molar-refractivity contribution in [3.05, 3.63) is 34.9 Å². The molecule has 116 valence electrons. The Morgan fingerprint density at radius 3 is 2.33 bits per heavy atom. The average Bonchev–Trinajstić information content (AvgIpc) is 2.48. The molecular formula is C16H22O5. The molecule has 0 radical (unpaired) electrons. The zero-order chi connectivity index (χ0) is 15.7. The fourth-order valence-electron chi connectivity index (χ4n) is 1.76. The van der Waals surface area contributed by atoms with Gasteiger partial charge in [-0.05, 0) is 32.4 Å². The van der Waals surface area contributed by atoms with E-state index in [-0.39, 0.29) is 13.6 Å². The summed E-state index contributed by atoms with van der Waals surface area (Å²) in [4.78, 5) is 11.3. The molecule has 1 aromatic rings. The highest BCUT2D eigenvalue weighted by molar-refractivity contribution is 5.80. The number of hydrogen-bond donors (Lipinski definition) is 0. The van der Waals surface area contributed by atoms with Crippen molar-refractivity contribution in [3.63, 3.8) is 0 Å². The number of ether oxygens (including phenoxy) is 4. The van der Waals surface area contributed by atoms with E-state index in [1.807, 2.05) is 19.9 Å². The molecule has 0 fully saturated rings. The third-order valence-electron chi connectivity index (χ3n) is 2.76. The molecule has 5 heteroatoms. The van der Waals surface area contributed by atoms with Crippen LogP contribution in [0.5, 0.6) is 11.5 Å². The maximum Gasteiger partial charge on any atom is 0.188 e. The topological polar surface area (TPSA) is 54.0 Å². The molecule has 0 spiro atoms. The molecule has 0 atom stereocenters. The number of aldehydes is 1. The number of rotatable bonds is 9. The lowest BCUT2D eigenvalue weighted by Gasteiger charge is -2.16. The highest BCUT2D eigenvalue weighted by Gasteiger charge is 2.15. The number of allylic oxidation sites excluding steroid dienone is 2. The molecule has 1 aromatic carbocycles. The van der Waals surface area contributed by atoms with Gasteiger partial charge in [0.25, 0.3) is 0 Å². The Hall–Kier alpha value is -1.85. The molecule has 0 aliphatic carbocycles. The van der Waals surface area contributed by atoms with Gasteiger partial charge in [-0.1, -0.05) is 11.6 Å². The van der Waals surface area contributed by atoms with E-state index < -0.39 is 0 Å². The average molecular weight is 294 g/mol. The standard InChI is InChI=1S/C16H22O5/c1-12(2)5-7-14-13(9-17)6-8-15(20-10-18-3)16(14)21-11-19-4/h5-6,8-9H,7,10-11H2,1-4H3. The van der Waals surface area contributed by atoms with E-state index >= 15 is 0 Å². The van der Waals surface area contributed by atoms with E-state index in [1.54, 1.807) is 19.2 Å². The molecule has 0 unspecified atom stereocenters. The van der Waals surface area contributed by atoms with Crippen molar-refractivity contribution in [3.8, 4) is 11.5 Å². The van der Waals surface area contributed by atoms with E-state index in [0.717, 1.165) is 17.4 Å². The van der Waals surface area contributed by atoms with Gasteiger partial charge in [0.05, 0.1) is 0 Å². The van der Waals surface area contributed by atoms with Gasteiger partial charge in [0.1, 0.15) is 6.29 Å². The highest BCUT2D eigenvalue weighted by atomic mass is 16.7. The summed E-state index contributed by atoms with van der Waals surface area (Å²) in [6, 6.07) is 3.41. The molecule has 5 nitrogen and oxygen atoms in total. The van der Waals surface area contributed by atoms with Gasteiger partial charge < -0.3 is 18.9 Å². The van der Waals surface area contributed by atoms with Crippen molar-refractivity contribution in [2.45, 2.75) is 20.3 Å². The van der Waals surface area contributed by atoms with Crippen LogP contribution >= 0.6 is 0 Å². The van der Waals surface area contributed by atoms with Crippen molar-refractivity contribution in [1.82, 2.24) is 0 Å². The normalized spacial score (nSPS) is 10.1. The summed E-state index contributed by atoms with van der Waals surface area (Å²) < 4.78 is 20.9. The first-order chi connectivity index (χ1) is 10.1. The third-order valence-corrected chi connectivity index (χ3v) is 2.76. The third kappa shape index (κ3) is 5.21. The maximum atomic E-state index is 11.3. The Morgan fingerprint density at radius 2 is 1.76 bits per heavy atom. The van der Waals surface area contributed by atoms with Crippen LogP contribution in [0.15, 0.2) is 23.8 Å². The van der Waals surface area contributed by atoms with Crippen molar-refractivity contribution < 1.29 is 23.7 Å². The molecule has 0 saturated carbocycles. The van der Waals surface area contributed by atoms with Crippen LogP contribution in [0.2, 0.25) is 0 Å². The van der Waals surface area contributed by atoms with Crippen LogP contribution in [0.4, 0.5) is 0 Å². The predicted octanol–water partition coefficient (Wildman–Crippen LogP) is 2.97. The minimum Gasteiger partial charge on any atom is -0.464 e. The molecule has 0 N–H and O–H groups in total. The first-order valence-corrected chi connectivity index (χ1v) is 6.61. The van der Waals surface area contributed by atoms with Crippen LogP contribution in [-0.2, 0) is 15.9 Å². The fraction of sp³-hybridized carbons (Fsp3) is 0.438. The second kappa shape index (κ2) is 9.15. The van der Waals surface area contributed by atoms with Gasteiger partial charge in [0.2, 0.25) is 0 Å². The molecule has 0 amide bonds. The summed E-state index contributed by atoms with van der Waals surface area (Å²) in [7, 11) is 3.08. The van der Waals surface area contributed by atoms with Crippen molar-refractivity contribution in [2.75, 3.05) is 27.8 Å². The minimum absolute atomic E-state index is 0.0769. The summed E-state index contributed by atoms with van der Waals surface area (Å²) >= 11 is 0. The van der Waals surface area contributed by atoms with Crippen LogP contribution in [0, 0.1) is 0 Å². The quantitative estimate of drug-likeness (QED) is 0.398. The predicted molar refractivity (Wildman–Crippen MR) is 80.0 cm³/mol. The summed E-state index contributed by atoms with van der Waals surface area (Å²) in [6.07, 6.45) is 3.43. The Balaban J connectivity index is 3.23. The Morgan fingerprint density at radius 1 is 1.10 bits per heavy atom. The Labute approximate surface area is 125 Å². The van der Waals surface area contributed by atoms with Crippen LogP contribution in [0.3, 0.4) is 0 Å². The van der Waals surface area contributed by atoms with Gasteiger partial charge in [0.15, 0.2) is 25.1 Å². The van der Waals surface area contributed by atoms with Crippen LogP contribution in [0.1, 0.15) is 29.8 Å². The SMILES string of the molecule is COCOc1ccc(C=O)c(CC=C(C)C)c1OCOC. The summed E-state index contributed by atoms with van der Waals surface area (Å²) in [5.74, 6) is 1.03. The van der Waals surface area contributed by atoms with Crippen LogP contribution in [-0.4, -0.2) is 34.1 Å². The van der Waals surface area contributed by atoms with Crippen molar-refractivity contribution in [2.24, 2.45) is 0 Å². The van der Waals surface area contributed by atoms with Crippen LogP contribution in [0.25, 0.3) is 0 Å². The first kappa shape index (κ1) is 17.2. The summed E-state index contributed by atoms with van der Waals surface area (Å²) in [5, 5.41) is 0. The van der Waals surface area contributed by atoms with Gasteiger partial charge in [-0.15, -0.1) is 0 Å². The van der Waals surface area contributed by atoms with E-state index in [0.29, 0.717) is 23.5 Å². The van der Waals surface area contributed by atoms with E-state index in [4.69, 9.17) is 18.9 Å². The van der Waals surface area contributed by atoms with Crippen molar-refractivity contribution >= 4 is 6.29 Å². The molecule has 21 heavy (non-hydrogen) atoms. The van der Waals surface area contributed by atoms with Crippen LogP contribution < -0.4 is 9.47 Å². The van der Waals surface area contributed by atoms with E-state index in [2.05, 4.69) is 0 Å². The molecular weight excluding hydrogens is 272 g/mol. The largest absolute Gasteiger partial charge is 0.464 e. The first-order valence-electron chi connectivity index (χ1n) is 6.61. The molecule has 0 heterocycles. The number of hydrogen-bond acceptors (Lipinski definition) is 5. The van der Waals surface area contributed by atoms with Gasteiger partial charge in [-0.2, -0.15) is 0 Å². The number of methoxy groups -OCH3 is 2. The van der Waals surface area contributed by atoms with Gasteiger partial charge in [0, 0.05) is 25.3 Å². The molecule has 0 bridgehead atoms. The smallest absolute Gasteiger partial charge is 0.188 e. The molecule has 0 saturated heterocycles. The summed E-state index contributed by atoms with van der Waals surface area (Å²) in [6.45, 7) is 4.18. The van der Waals surface area contributed by atoms with Gasteiger partial charge in [-0.3, -0.25) is 4.79 Å². The fourth-order valence-corrected chi connectivity index (χ4v) is 1.76. The van der Waals surface area contributed by atoms with E-state index in [9.17, 15) is 4.79 Å². The second-order valence-corrected chi connectivity index (χ2v) is 4.67. The lowest BCUT2D eigenvalue weighted by atomic mass is 10.0. The van der Waals surface area contributed by atoms with Gasteiger partial charge >= 0.3 is 0 Å². The Bertz CT molecular complexity index is 490. The molecule has 1 rings (SSSR count). The van der Waals surface area contributed by atoms with Crippen molar-refractivity contribution in [1.29, 1.82) is 0 Å². The van der Waals surface area contributed by atoms with E-state index in [1.165, 1.54) is 7.11 Å². The minimum atomic E-state index is 0.0769. The Kier molecular flexibility index (Phi) is 7.50. The molecule has 0 aliphatic rings. The second-order valence-electron chi connectivity index (χ2n) is 4.67. The summed E-state index contributed by atoms with van der Waals surface area (Å²) in [5.41, 5.74) is 2.51. The zero-order valence-corrected chi connectivity index (χ0v) is 13.0. The zero-order valence-electron chi connectivity index (χ0n) is 13.0. The number of carbonyl (C=O) groups excluding carboxylic acids is 1. The lowest BCUT2D eigenvalue weighted by molar-refractivity contribution is 0.0317. The molecule has 0 aromatic heterocycles. The maximum absolute atomic E-state index is 11.3. The monoisotopic (exact) mass is 294 g/mol. The number of benzene rings is 1.